The largest absolute Gasteiger partial charge is 0.493 e. The van der Waals surface area contributed by atoms with Crippen molar-refractivity contribution in [1.29, 1.82) is 0 Å². The fraction of sp³-hybridized carbons (Fsp3) is 0.267. The highest BCUT2D eigenvalue weighted by molar-refractivity contribution is 5.88. The quantitative estimate of drug-likeness (QED) is 0.164. The lowest BCUT2D eigenvalue weighted by Crippen LogP contribution is -2.17. The van der Waals surface area contributed by atoms with E-state index in [9.17, 15) is 0 Å². The summed E-state index contributed by atoms with van der Waals surface area (Å²) < 4.78 is 21.6. The minimum Gasteiger partial charge on any atom is -0.493 e. The van der Waals surface area contributed by atoms with Gasteiger partial charge in [-0.3, -0.25) is 4.98 Å². The van der Waals surface area contributed by atoms with Crippen LogP contribution in [-0.4, -0.2) is 44.5 Å². The first-order valence-corrected chi connectivity index (χ1v) is 18.5. The summed E-state index contributed by atoms with van der Waals surface area (Å²) in [4.78, 5) is 4.30. The van der Waals surface area contributed by atoms with Crippen LogP contribution in [0.1, 0.15) is 35.1 Å². The van der Waals surface area contributed by atoms with Crippen molar-refractivity contribution in [3.63, 3.8) is 0 Å². The lowest BCUT2D eigenvalue weighted by Gasteiger charge is -2.17. The zero-order valence-corrected chi connectivity index (χ0v) is 29.7. The number of aryl methyl sites for hydroxylation is 2. The molecule has 0 atom stereocenters. The Morgan fingerprint density at radius 2 is 0.981 bits per heavy atom. The van der Waals surface area contributed by atoms with Crippen LogP contribution in [0.4, 0.5) is 11.4 Å². The molecule has 6 heterocycles. The van der Waals surface area contributed by atoms with Gasteiger partial charge in [-0.15, -0.1) is 0 Å². The normalized spacial score (nSPS) is 14.9. The molecule has 11 rings (SSSR count). The van der Waals surface area contributed by atoms with Crippen molar-refractivity contribution in [2.45, 2.75) is 38.5 Å². The van der Waals surface area contributed by atoms with Crippen LogP contribution in [0.15, 0.2) is 128 Å². The second-order valence-corrected chi connectivity index (χ2v) is 12.9. The third kappa shape index (κ3) is 9.15. The molecule has 7 nitrogen and oxygen atoms in total. The van der Waals surface area contributed by atoms with Gasteiger partial charge in [-0.05, 0) is 96.5 Å². The first kappa shape index (κ1) is 34.7. The number of ether oxygens (including phenoxy) is 4. The lowest BCUT2D eigenvalue weighted by atomic mass is 10.0. The van der Waals surface area contributed by atoms with Gasteiger partial charge < -0.3 is 29.6 Å². The van der Waals surface area contributed by atoms with Crippen molar-refractivity contribution < 1.29 is 18.9 Å². The van der Waals surface area contributed by atoms with Crippen LogP contribution in [0.25, 0.3) is 10.9 Å². The fourth-order valence-corrected chi connectivity index (χ4v) is 6.76. The van der Waals surface area contributed by atoms with Crippen LogP contribution in [0.5, 0.6) is 23.0 Å². The number of nitrogens with zero attached hydrogens (tertiary/aromatic N) is 1. The highest BCUT2D eigenvalue weighted by Gasteiger charge is 2.13. The lowest BCUT2D eigenvalue weighted by molar-refractivity contribution is 0.288. The van der Waals surface area contributed by atoms with Gasteiger partial charge in [-0.1, -0.05) is 72.8 Å². The summed E-state index contributed by atoms with van der Waals surface area (Å²) in [5.41, 5.74) is 8.99. The van der Waals surface area contributed by atoms with Crippen molar-refractivity contribution in [3.05, 3.63) is 150 Å². The van der Waals surface area contributed by atoms with Crippen molar-refractivity contribution in [3.8, 4) is 23.0 Å². The predicted octanol–water partition coefficient (Wildman–Crippen LogP) is 9.34. The Labute approximate surface area is 306 Å². The average Bonchev–Trinajstić information content (AvgIpc) is 3.72. The third-order valence-electron chi connectivity index (χ3n) is 9.38. The molecule has 5 aromatic carbocycles. The van der Waals surface area contributed by atoms with Crippen LogP contribution < -0.4 is 29.6 Å². The van der Waals surface area contributed by atoms with Crippen LogP contribution in [0.3, 0.4) is 0 Å². The molecular weight excluding hydrogens is 647 g/mol. The van der Waals surface area contributed by atoms with Gasteiger partial charge in [0.05, 0.1) is 31.0 Å². The number of benzene rings is 5. The van der Waals surface area contributed by atoms with E-state index in [0.29, 0.717) is 0 Å². The van der Waals surface area contributed by atoms with E-state index in [0.717, 1.165) is 93.0 Å². The first-order valence-electron chi connectivity index (χ1n) is 18.5. The molecule has 5 aliphatic heterocycles. The van der Waals surface area contributed by atoms with E-state index < -0.39 is 0 Å². The maximum absolute atomic E-state index is 5.56. The summed E-state index contributed by atoms with van der Waals surface area (Å²) in [6.45, 7) is 5.36. The van der Waals surface area contributed by atoms with Crippen LogP contribution in [0.2, 0.25) is 0 Å². The minimum absolute atomic E-state index is 0.775. The van der Waals surface area contributed by atoms with E-state index in [1.807, 2.05) is 79.0 Å². The topological polar surface area (TPSA) is 73.9 Å². The number of pyridine rings is 1. The number of aromatic nitrogens is 1. The van der Waals surface area contributed by atoms with Gasteiger partial charge in [0.1, 0.15) is 29.6 Å². The molecule has 0 bridgehead atoms. The van der Waals surface area contributed by atoms with Gasteiger partial charge in [-0.2, -0.15) is 0 Å². The Morgan fingerprint density at radius 3 is 1.73 bits per heavy atom. The molecule has 266 valence electrons. The number of hydrogen-bond acceptors (Lipinski definition) is 7. The van der Waals surface area contributed by atoms with Gasteiger partial charge in [0.25, 0.3) is 0 Å². The zero-order valence-electron chi connectivity index (χ0n) is 29.7. The Kier molecular flexibility index (Phi) is 12.0. The van der Waals surface area contributed by atoms with Gasteiger partial charge in [0, 0.05) is 43.2 Å². The molecule has 0 fully saturated rings. The number of fused-ring (bicyclic) bond motifs is 4. The number of rotatable bonds is 0. The van der Waals surface area contributed by atoms with Crippen molar-refractivity contribution in [1.82, 2.24) is 4.98 Å². The molecule has 6 aromatic rings. The molecular formula is C45H47N3O4. The maximum Gasteiger partial charge on any atom is 0.142 e. The summed E-state index contributed by atoms with van der Waals surface area (Å²) >= 11 is 0. The van der Waals surface area contributed by atoms with Crippen molar-refractivity contribution in [2.75, 3.05) is 50.2 Å². The van der Waals surface area contributed by atoms with E-state index in [1.54, 1.807) is 0 Å². The van der Waals surface area contributed by atoms with E-state index >= 15 is 0 Å². The first-order chi connectivity index (χ1) is 25.8. The van der Waals surface area contributed by atoms with Gasteiger partial charge >= 0.3 is 0 Å². The monoisotopic (exact) mass is 693 g/mol. The Bertz CT molecular complexity index is 1790. The molecule has 5 aliphatic rings. The Balaban J connectivity index is 0.000000102. The standard InChI is InChI=1S/C11H9NO.C9H11N.C9H10O.C8H9NO.C8H8O/c1-2-9-11-8(4-6-12-9)5-7-13-10(11)3-1;2*1-2-6-9-8(4-1)5-3-7-10-9;1-2-4-8-7(3-1)9-5-6-10-8;1-2-4-8-7(3-1)5-6-9-8/h1-4,6H,5,7H2;1-2,4,6,10H,3,5,7H2;1-2,4,6H,3,5,7H2;1-4,9H,5-6H2;1-4H,5-6H2. The van der Waals surface area contributed by atoms with Crippen LogP contribution >= 0.6 is 0 Å². The Morgan fingerprint density at radius 1 is 0.404 bits per heavy atom. The number of anilines is 2. The van der Waals surface area contributed by atoms with Crippen LogP contribution in [0, 0.1) is 0 Å². The molecule has 0 saturated carbocycles. The average molecular weight is 694 g/mol. The molecule has 0 spiro atoms. The highest BCUT2D eigenvalue weighted by Crippen LogP contribution is 2.31. The summed E-state index contributed by atoms with van der Waals surface area (Å²) in [6, 6.07) is 41.0. The summed E-state index contributed by atoms with van der Waals surface area (Å²) in [5, 5.41) is 7.79. The second kappa shape index (κ2) is 18.0. The number of hydrogen-bond donors (Lipinski definition) is 2. The van der Waals surface area contributed by atoms with Crippen molar-refractivity contribution in [2.24, 2.45) is 0 Å². The second-order valence-electron chi connectivity index (χ2n) is 12.9. The molecule has 0 unspecified atom stereocenters. The smallest absolute Gasteiger partial charge is 0.142 e. The van der Waals surface area contributed by atoms with Gasteiger partial charge in [0.2, 0.25) is 0 Å². The molecule has 2 N–H and O–H groups in total. The van der Waals surface area contributed by atoms with Crippen LogP contribution in [-0.2, 0) is 25.7 Å². The van der Waals surface area contributed by atoms with E-state index in [1.165, 1.54) is 52.6 Å². The molecule has 0 amide bonds. The van der Waals surface area contributed by atoms with Gasteiger partial charge in [-0.25, -0.2) is 0 Å². The summed E-state index contributed by atoms with van der Waals surface area (Å²) in [5.74, 6) is 4.09. The molecule has 0 aliphatic carbocycles. The van der Waals surface area contributed by atoms with E-state index in [-0.39, 0.29) is 0 Å². The molecule has 52 heavy (non-hydrogen) atoms. The number of para-hydroxylation sites is 5. The molecule has 0 saturated heterocycles. The van der Waals surface area contributed by atoms with E-state index in [4.69, 9.17) is 18.9 Å². The SMILES string of the molecule is c1cc2c3c(ccnc3c1)CCO2.c1ccc2c(c1)CCCN2.c1ccc2c(c1)CCCO2.c1ccc2c(c1)CCO2.c1ccc2c(c1)NCCO2. The molecule has 7 heteroatoms. The number of nitrogens with one attached hydrogen (secondary N) is 2. The third-order valence-corrected chi connectivity index (χ3v) is 9.38. The summed E-state index contributed by atoms with van der Waals surface area (Å²) in [7, 11) is 0. The maximum atomic E-state index is 5.56. The predicted molar refractivity (Wildman–Crippen MR) is 211 cm³/mol. The van der Waals surface area contributed by atoms with Crippen molar-refractivity contribution >= 4 is 22.3 Å². The molecule has 0 radical (unpaired) electrons. The van der Waals surface area contributed by atoms with E-state index in [2.05, 4.69) is 64.1 Å². The minimum atomic E-state index is 0.775. The molecule has 1 aromatic heterocycles. The van der Waals surface area contributed by atoms with Gasteiger partial charge in [0.15, 0.2) is 0 Å². The Hall–Kier alpha value is -5.69. The zero-order chi connectivity index (χ0) is 35.2. The summed E-state index contributed by atoms with van der Waals surface area (Å²) in [6.07, 6.45) is 8.80. The fourth-order valence-electron chi connectivity index (χ4n) is 6.76. The highest BCUT2D eigenvalue weighted by atomic mass is 16.5.